The van der Waals surface area contributed by atoms with E-state index in [1.54, 1.807) is 19.1 Å². The Morgan fingerprint density at radius 3 is 3.00 bits per heavy atom. The molecule has 0 spiro atoms. The lowest BCUT2D eigenvalue weighted by atomic mass is 10.2. The Bertz CT molecular complexity index is 430. The van der Waals surface area contributed by atoms with Crippen molar-refractivity contribution in [1.29, 1.82) is 0 Å². The van der Waals surface area contributed by atoms with Crippen LogP contribution in [0.15, 0.2) is 18.2 Å². The maximum Gasteiger partial charge on any atom is 0.274 e. The minimum absolute atomic E-state index is 0.000825. The average molecular weight is 252 g/mol. The predicted molar refractivity (Wildman–Crippen MR) is 66.9 cm³/mol. The van der Waals surface area contributed by atoms with Gasteiger partial charge in [0, 0.05) is 23.9 Å². The van der Waals surface area contributed by atoms with Crippen LogP contribution in [0.25, 0.3) is 0 Å². The van der Waals surface area contributed by atoms with Crippen molar-refractivity contribution in [2.24, 2.45) is 0 Å². The fraction of sp³-hybridized carbons (Fsp3) is 0.500. The molecule has 0 saturated carbocycles. The van der Waals surface area contributed by atoms with E-state index in [9.17, 15) is 10.1 Å². The second kappa shape index (κ2) is 5.79. The van der Waals surface area contributed by atoms with Crippen LogP contribution >= 0.6 is 0 Å². The third-order valence-electron chi connectivity index (χ3n) is 2.82. The summed E-state index contributed by atoms with van der Waals surface area (Å²) in [5.41, 5.74) is 1.50. The van der Waals surface area contributed by atoms with Crippen LogP contribution < -0.4 is 5.32 Å². The number of anilines is 1. The number of aryl methyl sites for hydroxylation is 1. The Labute approximate surface area is 105 Å². The zero-order valence-electron chi connectivity index (χ0n) is 10.2. The normalized spacial score (nSPS) is 19.5. The predicted octanol–water partition coefficient (Wildman–Crippen LogP) is 1.73. The summed E-state index contributed by atoms with van der Waals surface area (Å²) in [4.78, 5) is 10.4. The minimum Gasteiger partial charge on any atom is -0.382 e. The van der Waals surface area contributed by atoms with Gasteiger partial charge in [0.2, 0.25) is 0 Å². The third-order valence-corrected chi connectivity index (χ3v) is 2.82. The van der Waals surface area contributed by atoms with Crippen LogP contribution in [0.1, 0.15) is 5.56 Å². The first-order chi connectivity index (χ1) is 8.66. The van der Waals surface area contributed by atoms with Crippen molar-refractivity contribution >= 4 is 11.4 Å². The molecule has 0 amide bonds. The fourth-order valence-corrected chi connectivity index (χ4v) is 1.80. The Kier molecular flexibility index (Phi) is 4.11. The molecule has 18 heavy (non-hydrogen) atoms. The molecule has 1 aliphatic heterocycles. The molecule has 1 aromatic rings. The fourth-order valence-electron chi connectivity index (χ4n) is 1.80. The first-order valence-corrected chi connectivity index (χ1v) is 5.85. The highest BCUT2D eigenvalue weighted by Crippen LogP contribution is 2.22. The van der Waals surface area contributed by atoms with Crippen molar-refractivity contribution in [2.75, 3.05) is 31.7 Å². The number of nitro benzene ring substituents is 1. The van der Waals surface area contributed by atoms with Crippen LogP contribution in [0.4, 0.5) is 11.4 Å². The van der Waals surface area contributed by atoms with E-state index >= 15 is 0 Å². The van der Waals surface area contributed by atoms with E-state index in [1.165, 1.54) is 0 Å². The van der Waals surface area contributed by atoms with Gasteiger partial charge in [0.05, 0.1) is 30.8 Å². The van der Waals surface area contributed by atoms with Gasteiger partial charge in [-0.25, -0.2) is 0 Å². The number of hydrogen-bond donors (Lipinski definition) is 1. The van der Waals surface area contributed by atoms with Crippen molar-refractivity contribution in [3.05, 3.63) is 33.9 Å². The SMILES string of the molecule is Cc1ccc(NCC2COCCO2)cc1[N+](=O)[O-]. The summed E-state index contributed by atoms with van der Waals surface area (Å²) < 4.78 is 10.8. The molecule has 1 atom stereocenters. The molecule has 1 N–H and O–H groups in total. The summed E-state index contributed by atoms with van der Waals surface area (Å²) in [5.74, 6) is 0. The molecule has 0 radical (unpaired) electrons. The van der Waals surface area contributed by atoms with Crippen LogP contribution in [0.2, 0.25) is 0 Å². The van der Waals surface area contributed by atoms with Crippen LogP contribution in [0, 0.1) is 17.0 Å². The lowest BCUT2D eigenvalue weighted by Crippen LogP contribution is -2.34. The standard InChI is InChI=1S/C12H16N2O4/c1-9-2-3-10(6-12(9)14(15)16)13-7-11-8-17-4-5-18-11/h2-3,6,11,13H,4-5,7-8H2,1H3. The highest BCUT2D eigenvalue weighted by molar-refractivity contribution is 5.54. The van der Waals surface area contributed by atoms with Gasteiger partial charge in [-0.3, -0.25) is 10.1 Å². The second-order valence-corrected chi connectivity index (χ2v) is 4.21. The van der Waals surface area contributed by atoms with Crippen LogP contribution in [0.3, 0.4) is 0 Å². The van der Waals surface area contributed by atoms with Gasteiger partial charge >= 0.3 is 0 Å². The van der Waals surface area contributed by atoms with E-state index in [4.69, 9.17) is 9.47 Å². The van der Waals surface area contributed by atoms with E-state index in [0.717, 1.165) is 5.69 Å². The van der Waals surface area contributed by atoms with Crippen LogP contribution in [-0.2, 0) is 9.47 Å². The maximum absolute atomic E-state index is 10.8. The lowest BCUT2D eigenvalue weighted by molar-refractivity contribution is -0.385. The largest absolute Gasteiger partial charge is 0.382 e. The number of rotatable bonds is 4. The summed E-state index contributed by atoms with van der Waals surface area (Å²) >= 11 is 0. The molecule has 1 saturated heterocycles. The molecule has 0 aliphatic carbocycles. The first-order valence-electron chi connectivity index (χ1n) is 5.85. The molecular weight excluding hydrogens is 236 g/mol. The maximum atomic E-state index is 10.8. The molecule has 2 rings (SSSR count). The summed E-state index contributed by atoms with van der Waals surface area (Å²) in [6.45, 7) is 4.09. The second-order valence-electron chi connectivity index (χ2n) is 4.21. The Balaban J connectivity index is 1.96. The molecule has 6 nitrogen and oxygen atoms in total. The van der Waals surface area contributed by atoms with Gasteiger partial charge in [-0.1, -0.05) is 6.07 Å². The van der Waals surface area contributed by atoms with Gasteiger partial charge in [-0.05, 0) is 13.0 Å². The van der Waals surface area contributed by atoms with Gasteiger partial charge in [-0.15, -0.1) is 0 Å². The number of nitrogens with zero attached hydrogens (tertiary/aromatic N) is 1. The van der Waals surface area contributed by atoms with Crippen LogP contribution in [0.5, 0.6) is 0 Å². The van der Waals surface area contributed by atoms with Gasteiger partial charge < -0.3 is 14.8 Å². The number of ether oxygens (including phenoxy) is 2. The number of nitro groups is 1. The number of nitrogens with one attached hydrogen (secondary N) is 1. The Morgan fingerprint density at radius 2 is 2.33 bits per heavy atom. The summed E-state index contributed by atoms with van der Waals surface area (Å²) in [5, 5.41) is 13.9. The van der Waals surface area contributed by atoms with E-state index in [2.05, 4.69) is 5.32 Å². The smallest absolute Gasteiger partial charge is 0.274 e. The van der Waals surface area contributed by atoms with Gasteiger partial charge in [0.15, 0.2) is 0 Å². The van der Waals surface area contributed by atoms with Gasteiger partial charge in [-0.2, -0.15) is 0 Å². The van der Waals surface area contributed by atoms with E-state index in [1.807, 2.05) is 6.07 Å². The quantitative estimate of drug-likeness (QED) is 0.652. The van der Waals surface area contributed by atoms with Crippen molar-refractivity contribution in [3.8, 4) is 0 Å². The minimum atomic E-state index is -0.374. The average Bonchev–Trinajstić information content (AvgIpc) is 2.38. The molecule has 0 aromatic heterocycles. The van der Waals surface area contributed by atoms with Gasteiger partial charge in [0.25, 0.3) is 5.69 Å². The third kappa shape index (κ3) is 3.18. The van der Waals surface area contributed by atoms with Crippen molar-refractivity contribution < 1.29 is 14.4 Å². The molecule has 1 heterocycles. The lowest BCUT2D eigenvalue weighted by Gasteiger charge is -2.23. The highest BCUT2D eigenvalue weighted by atomic mass is 16.6. The molecule has 98 valence electrons. The van der Waals surface area contributed by atoms with Crippen molar-refractivity contribution in [1.82, 2.24) is 0 Å². The summed E-state index contributed by atoms with van der Waals surface area (Å²) in [7, 11) is 0. The van der Waals surface area contributed by atoms with Crippen molar-refractivity contribution in [2.45, 2.75) is 13.0 Å². The molecule has 6 heteroatoms. The molecule has 1 unspecified atom stereocenters. The summed E-state index contributed by atoms with van der Waals surface area (Å²) in [6, 6.07) is 5.10. The van der Waals surface area contributed by atoms with E-state index in [-0.39, 0.29) is 16.7 Å². The molecule has 1 fully saturated rings. The van der Waals surface area contributed by atoms with E-state index < -0.39 is 0 Å². The summed E-state index contributed by atoms with van der Waals surface area (Å²) in [6.07, 6.45) is -0.000825. The molecule has 1 aliphatic rings. The topological polar surface area (TPSA) is 73.6 Å². The van der Waals surface area contributed by atoms with E-state index in [0.29, 0.717) is 31.9 Å². The highest BCUT2D eigenvalue weighted by Gasteiger charge is 2.15. The zero-order chi connectivity index (χ0) is 13.0. The number of benzene rings is 1. The van der Waals surface area contributed by atoms with Crippen molar-refractivity contribution in [3.63, 3.8) is 0 Å². The Morgan fingerprint density at radius 1 is 1.50 bits per heavy atom. The molecular formula is C12H16N2O4. The zero-order valence-corrected chi connectivity index (χ0v) is 10.2. The Hall–Kier alpha value is -1.66. The number of hydrogen-bond acceptors (Lipinski definition) is 5. The molecule has 1 aromatic carbocycles. The monoisotopic (exact) mass is 252 g/mol. The first kappa shape index (κ1) is 12.8. The molecule has 0 bridgehead atoms. The van der Waals surface area contributed by atoms with Gasteiger partial charge in [0.1, 0.15) is 0 Å². The van der Waals surface area contributed by atoms with Crippen LogP contribution in [-0.4, -0.2) is 37.4 Å².